The molecule has 1 aliphatic carbocycles. The molecule has 1 heterocycles. The van der Waals surface area contributed by atoms with Crippen molar-refractivity contribution in [2.75, 3.05) is 40.3 Å². The quantitative estimate of drug-likeness (QED) is 0.779. The monoisotopic (exact) mass is 225 g/mol. The number of likely N-dealkylation sites (tertiary alicyclic amines) is 1. The van der Waals surface area contributed by atoms with Gasteiger partial charge in [-0.05, 0) is 64.8 Å². The third-order valence-electron chi connectivity index (χ3n) is 4.69. The Morgan fingerprint density at radius 2 is 1.88 bits per heavy atom. The number of piperidine rings is 1. The summed E-state index contributed by atoms with van der Waals surface area (Å²) < 4.78 is 0. The highest BCUT2D eigenvalue weighted by Crippen LogP contribution is 2.40. The molecule has 0 aromatic heterocycles. The molecule has 2 fully saturated rings. The summed E-state index contributed by atoms with van der Waals surface area (Å²) in [5, 5.41) is 0. The van der Waals surface area contributed by atoms with E-state index < -0.39 is 0 Å². The molecule has 1 aliphatic heterocycles. The van der Waals surface area contributed by atoms with Crippen LogP contribution in [0.15, 0.2) is 0 Å². The van der Waals surface area contributed by atoms with E-state index in [0.717, 1.165) is 12.6 Å². The van der Waals surface area contributed by atoms with E-state index in [1.807, 2.05) is 0 Å². The van der Waals surface area contributed by atoms with Crippen LogP contribution in [0, 0.1) is 5.41 Å². The van der Waals surface area contributed by atoms with Gasteiger partial charge in [0.25, 0.3) is 0 Å². The standard InChI is InChI=1S/C13H27N3/c1-15(2)12-4-8-16(9-5-12)11-13(10-14)6-3-7-13/h12H,3-11,14H2,1-2H3. The molecule has 94 valence electrons. The third kappa shape index (κ3) is 2.58. The minimum Gasteiger partial charge on any atom is -0.330 e. The fraction of sp³-hybridized carbons (Fsp3) is 1.00. The van der Waals surface area contributed by atoms with Crippen LogP contribution in [0.1, 0.15) is 32.1 Å². The average Bonchev–Trinajstić information content (AvgIpc) is 2.24. The highest BCUT2D eigenvalue weighted by atomic mass is 15.2. The van der Waals surface area contributed by atoms with Crippen molar-refractivity contribution in [3.05, 3.63) is 0 Å². The van der Waals surface area contributed by atoms with Gasteiger partial charge < -0.3 is 15.5 Å². The summed E-state index contributed by atoms with van der Waals surface area (Å²) in [5.74, 6) is 0. The fourth-order valence-electron chi connectivity index (χ4n) is 3.17. The van der Waals surface area contributed by atoms with Gasteiger partial charge in [0.1, 0.15) is 0 Å². The Morgan fingerprint density at radius 3 is 2.25 bits per heavy atom. The maximum absolute atomic E-state index is 5.93. The van der Waals surface area contributed by atoms with Crippen LogP contribution in [-0.2, 0) is 0 Å². The summed E-state index contributed by atoms with van der Waals surface area (Å²) in [6.07, 6.45) is 6.76. The molecule has 0 spiro atoms. The summed E-state index contributed by atoms with van der Waals surface area (Å²) in [6, 6.07) is 0.798. The lowest BCUT2D eigenvalue weighted by atomic mass is 9.68. The van der Waals surface area contributed by atoms with Gasteiger partial charge in [0.15, 0.2) is 0 Å². The van der Waals surface area contributed by atoms with Crippen molar-refractivity contribution in [2.24, 2.45) is 11.1 Å². The molecule has 0 bridgehead atoms. The zero-order valence-corrected chi connectivity index (χ0v) is 10.9. The largest absolute Gasteiger partial charge is 0.330 e. The third-order valence-corrected chi connectivity index (χ3v) is 4.69. The maximum atomic E-state index is 5.93. The SMILES string of the molecule is CN(C)C1CCN(CC2(CN)CCC2)CC1. The van der Waals surface area contributed by atoms with E-state index in [9.17, 15) is 0 Å². The van der Waals surface area contributed by atoms with Crippen molar-refractivity contribution in [1.29, 1.82) is 0 Å². The smallest absolute Gasteiger partial charge is 0.0113 e. The number of nitrogens with zero attached hydrogens (tertiary/aromatic N) is 2. The van der Waals surface area contributed by atoms with Gasteiger partial charge in [0.05, 0.1) is 0 Å². The molecule has 16 heavy (non-hydrogen) atoms. The summed E-state index contributed by atoms with van der Waals surface area (Å²) >= 11 is 0. The van der Waals surface area contributed by atoms with Gasteiger partial charge >= 0.3 is 0 Å². The number of nitrogens with two attached hydrogens (primary N) is 1. The lowest BCUT2D eigenvalue weighted by Crippen LogP contribution is -2.50. The zero-order chi connectivity index (χ0) is 11.6. The molecule has 3 nitrogen and oxygen atoms in total. The molecule has 0 atom stereocenters. The van der Waals surface area contributed by atoms with Crippen LogP contribution in [0.25, 0.3) is 0 Å². The summed E-state index contributed by atoms with van der Waals surface area (Å²) in [6.45, 7) is 4.68. The first-order chi connectivity index (χ1) is 7.65. The number of hydrogen-bond acceptors (Lipinski definition) is 3. The first-order valence-corrected chi connectivity index (χ1v) is 6.74. The Labute approximate surface area is 100.0 Å². The highest BCUT2D eigenvalue weighted by molar-refractivity contribution is 4.92. The molecule has 0 aromatic rings. The predicted octanol–water partition coefficient (Wildman–Crippen LogP) is 1.14. The van der Waals surface area contributed by atoms with Crippen LogP contribution in [0.2, 0.25) is 0 Å². The lowest BCUT2D eigenvalue weighted by molar-refractivity contribution is 0.0494. The van der Waals surface area contributed by atoms with Crippen LogP contribution in [0.5, 0.6) is 0 Å². The van der Waals surface area contributed by atoms with Crippen LogP contribution < -0.4 is 5.73 Å². The highest BCUT2D eigenvalue weighted by Gasteiger charge is 2.37. The molecule has 0 aromatic carbocycles. The second-order valence-electron chi connectivity index (χ2n) is 6.03. The molecule has 2 rings (SSSR count). The van der Waals surface area contributed by atoms with Gasteiger partial charge in [-0.3, -0.25) is 0 Å². The van der Waals surface area contributed by atoms with Crippen LogP contribution in [0.4, 0.5) is 0 Å². The second-order valence-corrected chi connectivity index (χ2v) is 6.03. The minimum atomic E-state index is 0.491. The van der Waals surface area contributed by atoms with Crippen molar-refractivity contribution >= 4 is 0 Å². The molecule has 3 heteroatoms. The molecule has 0 unspecified atom stereocenters. The van der Waals surface area contributed by atoms with E-state index in [0.29, 0.717) is 5.41 Å². The summed E-state index contributed by atoms with van der Waals surface area (Å²) in [5.41, 5.74) is 6.42. The maximum Gasteiger partial charge on any atom is 0.0113 e. The molecular formula is C13H27N3. The second kappa shape index (κ2) is 5.03. The van der Waals surface area contributed by atoms with Gasteiger partial charge in [-0.1, -0.05) is 6.42 Å². The van der Waals surface area contributed by atoms with Crippen LogP contribution >= 0.6 is 0 Å². The fourth-order valence-corrected chi connectivity index (χ4v) is 3.17. The van der Waals surface area contributed by atoms with E-state index in [4.69, 9.17) is 5.73 Å². The first-order valence-electron chi connectivity index (χ1n) is 6.74. The molecular weight excluding hydrogens is 198 g/mol. The Balaban J connectivity index is 1.76. The first kappa shape index (κ1) is 12.3. The molecule has 2 N–H and O–H groups in total. The van der Waals surface area contributed by atoms with Gasteiger partial charge in [0, 0.05) is 12.6 Å². The summed E-state index contributed by atoms with van der Waals surface area (Å²) in [4.78, 5) is 5.02. The van der Waals surface area contributed by atoms with E-state index in [1.54, 1.807) is 0 Å². The Kier molecular flexibility index (Phi) is 3.88. The number of rotatable bonds is 4. The van der Waals surface area contributed by atoms with Gasteiger partial charge in [-0.2, -0.15) is 0 Å². The van der Waals surface area contributed by atoms with Gasteiger partial charge in [0.2, 0.25) is 0 Å². The minimum absolute atomic E-state index is 0.491. The zero-order valence-electron chi connectivity index (χ0n) is 10.9. The molecule has 0 radical (unpaired) electrons. The van der Waals surface area contributed by atoms with E-state index in [2.05, 4.69) is 23.9 Å². The van der Waals surface area contributed by atoms with Crippen LogP contribution in [0.3, 0.4) is 0 Å². The van der Waals surface area contributed by atoms with Gasteiger partial charge in [-0.15, -0.1) is 0 Å². The van der Waals surface area contributed by atoms with Crippen molar-refractivity contribution in [3.8, 4) is 0 Å². The average molecular weight is 225 g/mol. The molecule has 0 amide bonds. The van der Waals surface area contributed by atoms with Crippen molar-refractivity contribution in [3.63, 3.8) is 0 Å². The Morgan fingerprint density at radius 1 is 1.25 bits per heavy atom. The van der Waals surface area contributed by atoms with E-state index in [1.165, 1.54) is 51.7 Å². The Hall–Kier alpha value is -0.120. The van der Waals surface area contributed by atoms with Gasteiger partial charge in [-0.25, -0.2) is 0 Å². The van der Waals surface area contributed by atoms with Crippen LogP contribution in [-0.4, -0.2) is 56.1 Å². The lowest BCUT2D eigenvalue weighted by Gasteiger charge is -2.46. The molecule has 1 saturated heterocycles. The topological polar surface area (TPSA) is 32.5 Å². The molecule has 2 aliphatic rings. The van der Waals surface area contributed by atoms with Crippen molar-refractivity contribution < 1.29 is 0 Å². The number of hydrogen-bond donors (Lipinski definition) is 1. The van der Waals surface area contributed by atoms with Crippen molar-refractivity contribution in [2.45, 2.75) is 38.1 Å². The van der Waals surface area contributed by atoms with E-state index in [-0.39, 0.29) is 0 Å². The Bertz CT molecular complexity index is 210. The molecule has 1 saturated carbocycles. The van der Waals surface area contributed by atoms with Crippen molar-refractivity contribution in [1.82, 2.24) is 9.80 Å². The normalized spacial score (nSPS) is 27.0. The summed E-state index contributed by atoms with van der Waals surface area (Å²) in [7, 11) is 4.40. The predicted molar refractivity (Wildman–Crippen MR) is 68.5 cm³/mol. The van der Waals surface area contributed by atoms with E-state index >= 15 is 0 Å².